The number of carbonyl (C=O) groups excluding carboxylic acids is 1. The van der Waals surface area contributed by atoms with Crippen LogP contribution in [0.5, 0.6) is 0 Å². The third-order valence-electron chi connectivity index (χ3n) is 3.97. The van der Waals surface area contributed by atoms with Crippen LogP contribution in [0.1, 0.15) is 30.3 Å². The van der Waals surface area contributed by atoms with Crippen LogP contribution in [0.4, 0.5) is 5.69 Å². The van der Waals surface area contributed by atoms with Gasteiger partial charge in [-0.1, -0.05) is 6.92 Å². The number of aryl methyl sites for hydroxylation is 1. The van der Waals surface area contributed by atoms with Crippen LogP contribution < -0.4 is 5.73 Å². The van der Waals surface area contributed by atoms with Crippen molar-refractivity contribution in [2.24, 2.45) is 5.92 Å². The number of hydrogen-bond donors (Lipinski definition) is 1. The van der Waals surface area contributed by atoms with Gasteiger partial charge in [-0.2, -0.15) is 0 Å². The predicted octanol–water partition coefficient (Wildman–Crippen LogP) is 1.50. The highest BCUT2D eigenvalue weighted by Crippen LogP contribution is 2.18. The van der Waals surface area contributed by atoms with Crippen molar-refractivity contribution in [2.75, 3.05) is 39.5 Å². The highest BCUT2D eigenvalue weighted by molar-refractivity contribution is 5.93. The molecular weight excluding hydrogens is 252 g/mol. The fraction of sp³-hybridized carbons (Fsp3) is 0.667. The summed E-state index contributed by atoms with van der Waals surface area (Å²) >= 11 is 0. The molecule has 0 spiro atoms. The van der Waals surface area contributed by atoms with E-state index in [0.29, 0.717) is 17.3 Å². The summed E-state index contributed by atoms with van der Waals surface area (Å²) in [4.78, 5) is 16.7. The Kier molecular flexibility index (Phi) is 4.70. The number of carbonyl (C=O) groups is 1. The normalized spacial score (nSPS) is 19.4. The molecule has 1 aliphatic rings. The number of nitrogen functional groups attached to an aromatic ring is 1. The fourth-order valence-electron chi connectivity index (χ4n) is 2.98. The van der Waals surface area contributed by atoms with Crippen LogP contribution >= 0.6 is 0 Å². The SMILES string of the molecule is CCCn1cc(N)cc1C(=O)N(C)CC1CCN(C)C1. The maximum Gasteiger partial charge on any atom is 0.270 e. The summed E-state index contributed by atoms with van der Waals surface area (Å²) in [5.41, 5.74) is 7.20. The first-order chi connectivity index (χ1) is 9.51. The van der Waals surface area contributed by atoms with Crippen molar-refractivity contribution in [1.29, 1.82) is 0 Å². The van der Waals surface area contributed by atoms with Gasteiger partial charge >= 0.3 is 0 Å². The lowest BCUT2D eigenvalue weighted by molar-refractivity contribution is 0.0763. The minimum atomic E-state index is 0.0738. The van der Waals surface area contributed by atoms with Crippen LogP contribution in [0, 0.1) is 5.92 Å². The summed E-state index contributed by atoms with van der Waals surface area (Å²) in [6.07, 6.45) is 4.02. The van der Waals surface area contributed by atoms with E-state index in [1.807, 2.05) is 22.7 Å². The van der Waals surface area contributed by atoms with Crippen LogP contribution in [0.15, 0.2) is 12.3 Å². The molecule has 1 amide bonds. The summed E-state index contributed by atoms with van der Waals surface area (Å²) in [6.45, 7) is 5.96. The molecule has 0 saturated carbocycles. The molecule has 1 aromatic rings. The molecule has 20 heavy (non-hydrogen) atoms. The number of anilines is 1. The second kappa shape index (κ2) is 6.31. The van der Waals surface area contributed by atoms with Gasteiger partial charge in [-0.25, -0.2) is 0 Å². The van der Waals surface area contributed by atoms with Crippen molar-refractivity contribution in [3.05, 3.63) is 18.0 Å². The van der Waals surface area contributed by atoms with E-state index in [0.717, 1.165) is 32.6 Å². The molecule has 2 N–H and O–H groups in total. The van der Waals surface area contributed by atoms with Crippen molar-refractivity contribution in [3.63, 3.8) is 0 Å². The average Bonchev–Trinajstić information content (AvgIpc) is 2.95. The Bertz CT molecular complexity index is 468. The second-order valence-electron chi connectivity index (χ2n) is 5.95. The molecule has 1 atom stereocenters. The summed E-state index contributed by atoms with van der Waals surface area (Å²) in [5, 5.41) is 0. The number of amides is 1. The third-order valence-corrected chi connectivity index (χ3v) is 3.97. The maximum atomic E-state index is 12.6. The van der Waals surface area contributed by atoms with E-state index < -0.39 is 0 Å². The fourth-order valence-corrected chi connectivity index (χ4v) is 2.98. The van der Waals surface area contributed by atoms with Crippen LogP contribution in [-0.2, 0) is 6.54 Å². The molecule has 1 unspecified atom stereocenters. The van der Waals surface area contributed by atoms with Crippen molar-refractivity contribution in [3.8, 4) is 0 Å². The van der Waals surface area contributed by atoms with Gasteiger partial charge in [0.2, 0.25) is 0 Å². The van der Waals surface area contributed by atoms with E-state index in [2.05, 4.69) is 18.9 Å². The summed E-state index contributed by atoms with van der Waals surface area (Å²) in [5.74, 6) is 0.658. The van der Waals surface area contributed by atoms with Crippen molar-refractivity contribution in [1.82, 2.24) is 14.4 Å². The molecule has 112 valence electrons. The molecular formula is C15H26N4O. The molecule has 5 heteroatoms. The monoisotopic (exact) mass is 278 g/mol. The molecule has 1 aromatic heterocycles. The summed E-state index contributed by atoms with van der Waals surface area (Å²) in [6, 6.07) is 1.79. The molecule has 5 nitrogen and oxygen atoms in total. The van der Waals surface area contributed by atoms with Gasteiger partial charge in [-0.3, -0.25) is 4.79 Å². The number of nitrogens with zero attached hydrogens (tertiary/aromatic N) is 3. The van der Waals surface area contributed by atoms with Gasteiger partial charge < -0.3 is 20.1 Å². The number of likely N-dealkylation sites (tertiary alicyclic amines) is 1. The molecule has 1 fully saturated rings. The largest absolute Gasteiger partial charge is 0.397 e. The zero-order valence-electron chi connectivity index (χ0n) is 12.8. The number of aromatic nitrogens is 1. The number of hydrogen-bond acceptors (Lipinski definition) is 3. The Balaban J connectivity index is 2.02. The molecule has 0 radical (unpaired) electrons. The number of nitrogens with two attached hydrogens (primary N) is 1. The summed E-state index contributed by atoms with van der Waals surface area (Å²) in [7, 11) is 4.02. The summed E-state index contributed by atoms with van der Waals surface area (Å²) < 4.78 is 1.97. The zero-order valence-corrected chi connectivity index (χ0v) is 12.8. The number of rotatable bonds is 5. The highest BCUT2D eigenvalue weighted by Gasteiger charge is 2.24. The standard InChI is InChI=1S/C15H26N4O/c1-4-6-19-11-13(16)8-14(19)15(20)18(3)10-12-5-7-17(2)9-12/h8,11-12H,4-7,9-10,16H2,1-3H3. The predicted molar refractivity (Wildman–Crippen MR) is 81.7 cm³/mol. The molecule has 0 bridgehead atoms. The van der Waals surface area contributed by atoms with E-state index in [9.17, 15) is 4.79 Å². The Hall–Kier alpha value is -1.49. The second-order valence-corrected chi connectivity index (χ2v) is 5.95. The van der Waals surface area contributed by atoms with Crippen LogP contribution in [0.2, 0.25) is 0 Å². The van der Waals surface area contributed by atoms with Gasteiger partial charge in [0.1, 0.15) is 5.69 Å². The lowest BCUT2D eigenvalue weighted by Crippen LogP contribution is -2.34. The topological polar surface area (TPSA) is 54.5 Å². The van der Waals surface area contributed by atoms with Gasteiger partial charge in [-0.05, 0) is 38.4 Å². The van der Waals surface area contributed by atoms with Crippen molar-refractivity contribution >= 4 is 11.6 Å². The Morgan fingerprint density at radius 1 is 1.55 bits per heavy atom. The lowest BCUT2D eigenvalue weighted by Gasteiger charge is -2.22. The van der Waals surface area contributed by atoms with E-state index in [1.54, 1.807) is 6.07 Å². The van der Waals surface area contributed by atoms with Crippen LogP contribution in [-0.4, -0.2) is 54.0 Å². The Morgan fingerprint density at radius 2 is 2.30 bits per heavy atom. The lowest BCUT2D eigenvalue weighted by atomic mass is 10.1. The Labute approximate surface area is 121 Å². The molecule has 0 aromatic carbocycles. The molecule has 2 rings (SSSR count). The molecule has 1 saturated heterocycles. The van der Waals surface area contributed by atoms with Gasteiger partial charge in [0.15, 0.2) is 0 Å². The van der Waals surface area contributed by atoms with Gasteiger partial charge in [0, 0.05) is 32.9 Å². The molecule has 1 aliphatic heterocycles. The van der Waals surface area contributed by atoms with Gasteiger partial charge in [-0.15, -0.1) is 0 Å². The van der Waals surface area contributed by atoms with E-state index in [4.69, 9.17) is 5.73 Å². The van der Waals surface area contributed by atoms with Gasteiger partial charge in [0.05, 0.1) is 5.69 Å². The van der Waals surface area contributed by atoms with Crippen molar-refractivity contribution in [2.45, 2.75) is 26.3 Å². The van der Waals surface area contributed by atoms with E-state index in [-0.39, 0.29) is 5.91 Å². The molecule has 2 heterocycles. The first-order valence-electron chi connectivity index (χ1n) is 7.41. The van der Waals surface area contributed by atoms with E-state index >= 15 is 0 Å². The quantitative estimate of drug-likeness (QED) is 0.888. The van der Waals surface area contributed by atoms with Crippen LogP contribution in [0.25, 0.3) is 0 Å². The van der Waals surface area contributed by atoms with Crippen molar-refractivity contribution < 1.29 is 4.79 Å². The van der Waals surface area contributed by atoms with Crippen LogP contribution in [0.3, 0.4) is 0 Å². The smallest absolute Gasteiger partial charge is 0.270 e. The third kappa shape index (κ3) is 3.33. The highest BCUT2D eigenvalue weighted by atomic mass is 16.2. The Morgan fingerprint density at radius 3 is 2.90 bits per heavy atom. The minimum absolute atomic E-state index is 0.0738. The first kappa shape index (κ1) is 14.9. The van der Waals surface area contributed by atoms with Gasteiger partial charge in [0.25, 0.3) is 5.91 Å². The zero-order chi connectivity index (χ0) is 14.7. The molecule has 0 aliphatic carbocycles. The average molecular weight is 278 g/mol. The minimum Gasteiger partial charge on any atom is -0.397 e. The first-order valence-corrected chi connectivity index (χ1v) is 7.41. The maximum absolute atomic E-state index is 12.6. The van der Waals surface area contributed by atoms with E-state index in [1.165, 1.54) is 6.42 Å².